The SMILES string of the molecule is CC1C=Cc2ccccc2NC1. The fourth-order valence-electron chi connectivity index (χ4n) is 1.41. The lowest BCUT2D eigenvalue weighted by atomic mass is 10.1. The minimum Gasteiger partial charge on any atom is -0.384 e. The van der Waals surface area contributed by atoms with E-state index in [-0.39, 0.29) is 0 Å². The fraction of sp³-hybridized carbons (Fsp3) is 0.273. The second kappa shape index (κ2) is 3.02. The third-order valence-corrected chi connectivity index (χ3v) is 2.18. The van der Waals surface area contributed by atoms with Gasteiger partial charge in [-0.1, -0.05) is 37.3 Å². The van der Waals surface area contributed by atoms with Gasteiger partial charge in [-0.3, -0.25) is 0 Å². The van der Waals surface area contributed by atoms with Crippen molar-refractivity contribution in [3.63, 3.8) is 0 Å². The van der Waals surface area contributed by atoms with E-state index in [0.29, 0.717) is 5.92 Å². The second-order valence-corrected chi connectivity index (χ2v) is 3.30. The molecule has 0 fully saturated rings. The topological polar surface area (TPSA) is 12.0 Å². The summed E-state index contributed by atoms with van der Waals surface area (Å²) in [5.74, 6) is 0.623. The molecule has 0 aromatic heterocycles. The van der Waals surface area contributed by atoms with E-state index in [1.54, 1.807) is 0 Å². The smallest absolute Gasteiger partial charge is 0.0413 e. The number of hydrogen-bond donors (Lipinski definition) is 1. The standard InChI is InChI=1S/C11H13N/c1-9-6-7-10-4-2-3-5-11(10)12-8-9/h2-7,9,12H,8H2,1H3. The van der Waals surface area contributed by atoms with E-state index in [2.05, 4.69) is 48.7 Å². The summed E-state index contributed by atoms with van der Waals surface area (Å²) in [4.78, 5) is 0. The van der Waals surface area contributed by atoms with Gasteiger partial charge in [0.05, 0.1) is 0 Å². The van der Waals surface area contributed by atoms with Crippen molar-refractivity contribution in [1.82, 2.24) is 0 Å². The lowest BCUT2D eigenvalue weighted by Crippen LogP contribution is -2.07. The van der Waals surface area contributed by atoms with Crippen LogP contribution in [0, 0.1) is 5.92 Å². The maximum atomic E-state index is 3.41. The summed E-state index contributed by atoms with van der Waals surface area (Å²) in [7, 11) is 0. The van der Waals surface area contributed by atoms with Crippen LogP contribution >= 0.6 is 0 Å². The highest BCUT2D eigenvalue weighted by atomic mass is 14.9. The Morgan fingerprint density at radius 3 is 3.08 bits per heavy atom. The summed E-state index contributed by atoms with van der Waals surface area (Å²) in [6.07, 6.45) is 4.44. The normalized spacial score (nSPS) is 20.9. The second-order valence-electron chi connectivity index (χ2n) is 3.30. The number of rotatable bonds is 0. The fourth-order valence-corrected chi connectivity index (χ4v) is 1.41. The van der Waals surface area contributed by atoms with Crippen LogP contribution in [0.5, 0.6) is 0 Å². The minimum atomic E-state index is 0.623. The van der Waals surface area contributed by atoms with E-state index in [1.807, 2.05) is 0 Å². The summed E-state index contributed by atoms with van der Waals surface area (Å²) in [6, 6.07) is 8.39. The van der Waals surface area contributed by atoms with Crippen LogP contribution in [0.15, 0.2) is 30.3 Å². The van der Waals surface area contributed by atoms with Crippen LogP contribution in [0.3, 0.4) is 0 Å². The first-order valence-electron chi connectivity index (χ1n) is 4.37. The highest BCUT2D eigenvalue weighted by molar-refractivity contribution is 5.67. The molecule has 1 atom stereocenters. The minimum absolute atomic E-state index is 0.623. The maximum Gasteiger partial charge on any atom is 0.0413 e. The van der Waals surface area contributed by atoms with Crippen molar-refractivity contribution in [2.75, 3.05) is 11.9 Å². The molecule has 0 bridgehead atoms. The Labute approximate surface area is 73.1 Å². The maximum absolute atomic E-state index is 3.41. The Morgan fingerprint density at radius 1 is 1.33 bits per heavy atom. The van der Waals surface area contributed by atoms with E-state index in [1.165, 1.54) is 11.3 Å². The van der Waals surface area contributed by atoms with Gasteiger partial charge in [-0.2, -0.15) is 0 Å². The van der Waals surface area contributed by atoms with Gasteiger partial charge < -0.3 is 5.32 Å². The van der Waals surface area contributed by atoms with Crippen molar-refractivity contribution in [3.8, 4) is 0 Å². The zero-order valence-electron chi connectivity index (χ0n) is 7.25. The quantitative estimate of drug-likeness (QED) is 0.613. The Morgan fingerprint density at radius 2 is 2.17 bits per heavy atom. The summed E-state index contributed by atoms with van der Waals surface area (Å²) in [5.41, 5.74) is 2.54. The van der Waals surface area contributed by atoms with Crippen LogP contribution in [-0.4, -0.2) is 6.54 Å². The van der Waals surface area contributed by atoms with E-state index >= 15 is 0 Å². The molecular formula is C11H13N. The molecule has 1 aromatic rings. The first kappa shape index (κ1) is 7.41. The predicted octanol–water partition coefficient (Wildman–Crippen LogP) is 2.76. The summed E-state index contributed by atoms with van der Waals surface area (Å²) >= 11 is 0. The van der Waals surface area contributed by atoms with Gasteiger partial charge in [0.1, 0.15) is 0 Å². The van der Waals surface area contributed by atoms with Crippen molar-refractivity contribution < 1.29 is 0 Å². The molecule has 0 saturated heterocycles. The molecule has 2 rings (SSSR count). The average Bonchev–Trinajstić information content (AvgIpc) is 2.29. The van der Waals surface area contributed by atoms with E-state index in [4.69, 9.17) is 0 Å². The number of nitrogens with one attached hydrogen (secondary N) is 1. The molecule has 62 valence electrons. The van der Waals surface area contributed by atoms with Crippen LogP contribution in [0.2, 0.25) is 0 Å². The molecule has 0 amide bonds. The molecule has 0 radical (unpaired) electrons. The molecule has 0 saturated carbocycles. The predicted molar refractivity (Wildman–Crippen MR) is 53.1 cm³/mol. The largest absolute Gasteiger partial charge is 0.384 e. The van der Waals surface area contributed by atoms with Crippen molar-refractivity contribution in [2.24, 2.45) is 5.92 Å². The van der Waals surface area contributed by atoms with E-state index in [9.17, 15) is 0 Å². The van der Waals surface area contributed by atoms with Crippen molar-refractivity contribution in [2.45, 2.75) is 6.92 Å². The summed E-state index contributed by atoms with van der Waals surface area (Å²) < 4.78 is 0. The lowest BCUT2D eigenvalue weighted by molar-refractivity contribution is 0.778. The molecular weight excluding hydrogens is 146 g/mol. The molecule has 12 heavy (non-hydrogen) atoms. The van der Waals surface area contributed by atoms with Crippen LogP contribution in [0.25, 0.3) is 6.08 Å². The lowest BCUT2D eigenvalue weighted by Gasteiger charge is -2.07. The number of hydrogen-bond acceptors (Lipinski definition) is 1. The molecule has 1 nitrogen and oxygen atoms in total. The van der Waals surface area contributed by atoms with E-state index < -0.39 is 0 Å². The summed E-state index contributed by atoms with van der Waals surface area (Å²) in [6.45, 7) is 3.25. The van der Waals surface area contributed by atoms with Gasteiger partial charge >= 0.3 is 0 Å². The van der Waals surface area contributed by atoms with Gasteiger partial charge in [-0.25, -0.2) is 0 Å². The van der Waals surface area contributed by atoms with Gasteiger partial charge in [0, 0.05) is 12.2 Å². The van der Waals surface area contributed by atoms with Crippen molar-refractivity contribution in [3.05, 3.63) is 35.9 Å². The van der Waals surface area contributed by atoms with Crippen molar-refractivity contribution in [1.29, 1.82) is 0 Å². The zero-order valence-corrected chi connectivity index (χ0v) is 7.25. The summed E-state index contributed by atoms with van der Waals surface area (Å²) in [5, 5.41) is 3.41. The molecule has 0 aliphatic carbocycles. The monoisotopic (exact) mass is 159 g/mol. The first-order valence-corrected chi connectivity index (χ1v) is 4.37. The van der Waals surface area contributed by atoms with E-state index in [0.717, 1.165) is 6.54 Å². The average molecular weight is 159 g/mol. The Hall–Kier alpha value is -1.24. The zero-order chi connectivity index (χ0) is 8.39. The highest BCUT2D eigenvalue weighted by Gasteiger charge is 2.04. The highest BCUT2D eigenvalue weighted by Crippen LogP contribution is 2.20. The van der Waals surface area contributed by atoms with Gasteiger partial charge in [-0.15, -0.1) is 0 Å². The van der Waals surface area contributed by atoms with Crippen LogP contribution in [-0.2, 0) is 0 Å². The van der Waals surface area contributed by atoms with Crippen LogP contribution in [0.4, 0.5) is 5.69 Å². The molecule has 1 heteroatoms. The molecule has 1 heterocycles. The number of para-hydroxylation sites is 1. The molecule has 1 aliphatic heterocycles. The Balaban J connectivity index is 2.39. The third kappa shape index (κ3) is 1.35. The van der Waals surface area contributed by atoms with Gasteiger partial charge in [0.15, 0.2) is 0 Å². The van der Waals surface area contributed by atoms with Gasteiger partial charge in [0.2, 0.25) is 0 Å². The van der Waals surface area contributed by atoms with Crippen molar-refractivity contribution >= 4 is 11.8 Å². The number of anilines is 1. The third-order valence-electron chi connectivity index (χ3n) is 2.18. The number of fused-ring (bicyclic) bond motifs is 1. The molecule has 1 N–H and O–H groups in total. The molecule has 1 aromatic carbocycles. The molecule has 1 aliphatic rings. The molecule has 1 unspecified atom stereocenters. The van der Waals surface area contributed by atoms with Crippen LogP contribution in [0.1, 0.15) is 12.5 Å². The van der Waals surface area contributed by atoms with Gasteiger partial charge in [0.25, 0.3) is 0 Å². The number of benzene rings is 1. The first-order chi connectivity index (χ1) is 5.86. The van der Waals surface area contributed by atoms with Crippen LogP contribution < -0.4 is 5.32 Å². The Kier molecular flexibility index (Phi) is 1.86. The van der Waals surface area contributed by atoms with Gasteiger partial charge in [-0.05, 0) is 17.5 Å². The Bertz CT molecular complexity index is 302. The molecule has 0 spiro atoms.